The van der Waals surface area contributed by atoms with Gasteiger partial charge >= 0.3 is 0 Å². The molecule has 0 bridgehead atoms. The molecule has 0 aliphatic rings. The summed E-state index contributed by atoms with van der Waals surface area (Å²) in [7, 11) is 0. The molecule has 0 unspecified atom stereocenters. The molecule has 3 nitrogen and oxygen atoms in total. The number of halogens is 1. The van der Waals surface area contributed by atoms with Crippen LogP contribution in [0.3, 0.4) is 0 Å². The third kappa shape index (κ3) is 4.86. The van der Waals surface area contributed by atoms with Crippen LogP contribution in [0.1, 0.15) is 30.8 Å². The first-order chi connectivity index (χ1) is 10.1. The standard InChI is InChI=1S/C16H22FN3S/c1-11(2)10-18-8-4-5-15-19-20-16(21-15)14-9-13(17)7-6-12(14)3/h6-7,9,11,18H,4-5,8,10H2,1-3H3. The lowest BCUT2D eigenvalue weighted by atomic mass is 10.1. The number of rotatable bonds is 7. The molecular formula is C16H22FN3S. The fraction of sp³-hybridized carbons (Fsp3) is 0.500. The van der Waals surface area contributed by atoms with Crippen molar-refractivity contribution in [3.63, 3.8) is 0 Å². The van der Waals surface area contributed by atoms with Crippen LogP contribution in [0.5, 0.6) is 0 Å². The highest BCUT2D eigenvalue weighted by molar-refractivity contribution is 7.14. The summed E-state index contributed by atoms with van der Waals surface area (Å²) < 4.78 is 13.3. The first-order valence-electron chi connectivity index (χ1n) is 7.36. The van der Waals surface area contributed by atoms with Crippen LogP contribution >= 0.6 is 11.3 Å². The van der Waals surface area contributed by atoms with E-state index in [1.54, 1.807) is 17.4 Å². The van der Waals surface area contributed by atoms with Crippen LogP contribution in [0, 0.1) is 18.7 Å². The Labute approximate surface area is 129 Å². The normalized spacial score (nSPS) is 11.3. The van der Waals surface area contributed by atoms with Crippen LogP contribution in [0.2, 0.25) is 0 Å². The summed E-state index contributed by atoms with van der Waals surface area (Å²) in [6, 6.07) is 4.78. The fourth-order valence-corrected chi connectivity index (χ4v) is 3.01. The van der Waals surface area contributed by atoms with E-state index in [1.807, 2.05) is 6.92 Å². The van der Waals surface area contributed by atoms with Crippen LogP contribution in [-0.2, 0) is 6.42 Å². The van der Waals surface area contributed by atoms with Crippen LogP contribution in [0.4, 0.5) is 4.39 Å². The van der Waals surface area contributed by atoms with Gasteiger partial charge in [0.25, 0.3) is 0 Å². The Morgan fingerprint density at radius 1 is 1.29 bits per heavy atom. The van der Waals surface area contributed by atoms with Gasteiger partial charge < -0.3 is 5.32 Å². The summed E-state index contributed by atoms with van der Waals surface area (Å²) >= 11 is 1.56. The molecule has 0 atom stereocenters. The molecule has 2 rings (SSSR count). The first-order valence-corrected chi connectivity index (χ1v) is 8.17. The van der Waals surface area contributed by atoms with Crippen molar-refractivity contribution in [3.05, 3.63) is 34.6 Å². The average Bonchev–Trinajstić information content (AvgIpc) is 2.89. The molecule has 0 saturated heterocycles. The van der Waals surface area contributed by atoms with Crippen molar-refractivity contribution in [2.24, 2.45) is 5.92 Å². The number of aromatic nitrogens is 2. The molecule has 1 heterocycles. The van der Waals surface area contributed by atoms with Gasteiger partial charge in [-0.1, -0.05) is 31.3 Å². The number of hydrogen-bond acceptors (Lipinski definition) is 4. The molecule has 2 aromatic rings. The van der Waals surface area contributed by atoms with Crippen molar-refractivity contribution in [2.45, 2.75) is 33.6 Å². The van der Waals surface area contributed by atoms with E-state index in [4.69, 9.17) is 0 Å². The summed E-state index contributed by atoms with van der Waals surface area (Å²) in [6.07, 6.45) is 1.96. The second kappa shape index (κ2) is 7.61. The van der Waals surface area contributed by atoms with Gasteiger partial charge in [-0.2, -0.15) is 0 Å². The minimum absolute atomic E-state index is 0.231. The molecule has 1 aromatic carbocycles. The van der Waals surface area contributed by atoms with E-state index >= 15 is 0 Å². The van der Waals surface area contributed by atoms with Crippen molar-refractivity contribution in [1.29, 1.82) is 0 Å². The van der Waals surface area contributed by atoms with Crippen LogP contribution in [-0.4, -0.2) is 23.3 Å². The zero-order valence-electron chi connectivity index (χ0n) is 12.8. The van der Waals surface area contributed by atoms with Gasteiger partial charge in [-0.05, 0) is 50.0 Å². The highest BCUT2D eigenvalue weighted by Gasteiger charge is 2.10. The van der Waals surface area contributed by atoms with Gasteiger partial charge in [0.15, 0.2) is 0 Å². The molecule has 0 amide bonds. The highest BCUT2D eigenvalue weighted by Crippen LogP contribution is 2.27. The monoisotopic (exact) mass is 307 g/mol. The van der Waals surface area contributed by atoms with Gasteiger partial charge in [0.05, 0.1) is 0 Å². The van der Waals surface area contributed by atoms with Crippen molar-refractivity contribution >= 4 is 11.3 Å². The van der Waals surface area contributed by atoms with Gasteiger partial charge in [0.2, 0.25) is 0 Å². The predicted molar refractivity (Wildman–Crippen MR) is 86.1 cm³/mol. The SMILES string of the molecule is Cc1ccc(F)cc1-c1nnc(CCCNCC(C)C)s1. The van der Waals surface area contributed by atoms with E-state index < -0.39 is 0 Å². The summed E-state index contributed by atoms with van der Waals surface area (Å²) in [6.45, 7) is 8.40. The molecule has 0 spiro atoms. The van der Waals surface area contributed by atoms with E-state index in [-0.39, 0.29) is 5.82 Å². The van der Waals surface area contributed by atoms with Gasteiger partial charge in [-0.3, -0.25) is 0 Å². The number of nitrogens with one attached hydrogen (secondary N) is 1. The van der Waals surface area contributed by atoms with E-state index in [9.17, 15) is 4.39 Å². The molecule has 0 aliphatic heterocycles. The molecular weight excluding hydrogens is 285 g/mol. The third-order valence-electron chi connectivity index (χ3n) is 3.19. The fourth-order valence-electron chi connectivity index (χ4n) is 2.04. The zero-order valence-corrected chi connectivity index (χ0v) is 13.6. The molecule has 0 fully saturated rings. The number of aryl methyl sites for hydroxylation is 2. The highest BCUT2D eigenvalue weighted by atomic mass is 32.1. The minimum Gasteiger partial charge on any atom is -0.316 e. The second-order valence-corrected chi connectivity index (χ2v) is 6.72. The van der Waals surface area contributed by atoms with Gasteiger partial charge in [-0.25, -0.2) is 4.39 Å². The Hall–Kier alpha value is -1.33. The van der Waals surface area contributed by atoms with Gasteiger partial charge in [0.1, 0.15) is 15.8 Å². The average molecular weight is 307 g/mol. The zero-order chi connectivity index (χ0) is 15.2. The Morgan fingerprint density at radius 2 is 2.10 bits per heavy atom. The Morgan fingerprint density at radius 3 is 2.86 bits per heavy atom. The summed E-state index contributed by atoms with van der Waals surface area (Å²) in [5.41, 5.74) is 1.87. The topological polar surface area (TPSA) is 37.8 Å². The minimum atomic E-state index is -0.231. The van der Waals surface area contributed by atoms with Crippen molar-refractivity contribution < 1.29 is 4.39 Å². The Balaban J connectivity index is 1.91. The van der Waals surface area contributed by atoms with E-state index in [0.29, 0.717) is 5.92 Å². The summed E-state index contributed by atoms with van der Waals surface area (Å²) in [5, 5.41) is 13.6. The number of nitrogens with zero attached hydrogens (tertiary/aromatic N) is 2. The Bertz CT molecular complexity index is 581. The maximum atomic E-state index is 13.3. The molecule has 21 heavy (non-hydrogen) atoms. The lowest BCUT2D eigenvalue weighted by Crippen LogP contribution is -2.21. The molecule has 1 N–H and O–H groups in total. The quantitative estimate of drug-likeness (QED) is 0.790. The molecule has 1 aromatic heterocycles. The number of benzene rings is 1. The Kier molecular flexibility index (Phi) is 5.82. The smallest absolute Gasteiger partial charge is 0.148 e. The second-order valence-electron chi connectivity index (χ2n) is 5.66. The lowest BCUT2D eigenvalue weighted by Gasteiger charge is -2.05. The first kappa shape index (κ1) is 16.0. The van der Waals surface area contributed by atoms with Gasteiger partial charge in [-0.15, -0.1) is 10.2 Å². The third-order valence-corrected chi connectivity index (χ3v) is 4.21. The number of hydrogen-bond donors (Lipinski definition) is 1. The van der Waals surface area contributed by atoms with Crippen LogP contribution in [0.15, 0.2) is 18.2 Å². The molecule has 114 valence electrons. The van der Waals surface area contributed by atoms with Crippen molar-refractivity contribution in [2.75, 3.05) is 13.1 Å². The van der Waals surface area contributed by atoms with E-state index in [2.05, 4.69) is 29.4 Å². The predicted octanol–water partition coefficient (Wildman–Crippen LogP) is 3.83. The van der Waals surface area contributed by atoms with Crippen molar-refractivity contribution in [1.82, 2.24) is 15.5 Å². The van der Waals surface area contributed by atoms with Crippen LogP contribution in [0.25, 0.3) is 10.6 Å². The van der Waals surface area contributed by atoms with Crippen LogP contribution < -0.4 is 5.32 Å². The van der Waals surface area contributed by atoms with Gasteiger partial charge in [0, 0.05) is 12.0 Å². The summed E-state index contributed by atoms with van der Waals surface area (Å²) in [4.78, 5) is 0. The largest absolute Gasteiger partial charge is 0.316 e. The molecule has 0 aliphatic carbocycles. The molecule has 5 heteroatoms. The lowest BCUT2D eigenvalue weighted by molar-refractivity contribution is 0.542. The van der Waals surface area contributed by atoms with E-state index in [0.717, 1.165) is 47.1 Å². The maximum Gasteiger partial charge on any atom is 0.148 e. The summed E-state index contributed by atoms with van der Waals surface area (Å²) in [5.74, 6) is 0.444. The maximum absolute atomic E-state index is 13.3. The molecule has 0 saturated carbocycles. The van der Waals surface area contributed by atoms with Crippen molar-refractivity contribution in [3.8, 4) is 10.6 Å². The van der Waals surface area contributed by atoms with E-state index in [1.165, 1.54) is 12.1 Å². The molecule has 0 radical (unpaired) electrons.